The molecule has 0 saturated heterocycles. The molecule has 0 aromatic heterocycles. The molecule has 82 valence electrons. The molecule has 3 heteroatoms. The average Bonchev–Trinajstić information content (AvgIpc) is 2.30. The number of carbonyl (C=O) groups excluding carboxylic acids is 1. The summed E-state index contributed by atoms with van der Waals surface area (Å²) in [6.45, 7) is 0. The van der Waals surface area contributed by atoms with E-state index in [2.05, 4.69) is 0 Å². The van der Waals surface area contributed by atoms with Crippen LogP contribution in [-0.2, 0) is 0 Å². The second kappa shape index (κ2) is 4.64. The predicted molar refractivity (Wildman–Crippen MR) is 65.6 cm³/mol. The van der Waals surface area contributed by atoms with E-state index >= 15 is 0 Å². The van der Waals surface area contributed by atoms with Crippen molar-refractivity contribution in [2.75, 3.05) is 0 Å². The lowest BCUT2D eigenvalue weighted by Gasteiger charge is -2.10. The highest BCUT2D eigenvalue weighted by Gasteiger charge is 2.12. The molecule has 1 aliphatic rings. The Bertz CT molecular complexity index is 459. The first-order valence-corrected chi connectivity index (χ1v) is 5.49. The molecule has 0 radical (unpaired) electrons. The number of carbonyl (C=O) groups is 1. The van der Waals surface area contributed by atoms with Gasteiger partial charge in [0.25, 0.3) is 0 Å². The number of Topliss-reactive ketones (excluding diaryl/α,β-unsaturated/α-hetero) is 1. The molecule has 0 heterocycles. The zero-order valence-corrected chi connectivity index (χ0v) is 9.45. The molecule has 1 aromatic carbocycles. The quantitative estimate of drug-likeness (QED) is 0.799. The molecule has 1 aliphatic carbocycles. The number of benzene rings is 1. The number of ketones is 1. The van der Waals surface area contributed by atoms with Gasteiger partial charge in [0.2, 0.25) is 0 Å². The van der Waals surface area contributed by atoms with Crippen LogP contribution in [0.15, 0.2) is 48.1 Å². The fourth-order valence-electron chi connectivity index (χ4n) is 1.57. The van der Waals surface area contributed by atoms with Gasteiger partial charge in [0, 0.05) is 22.2 Å². The summed E-state index contributed by atoms with van der Waals surface area (Å²) < 4.78 is 0. The van der Waals surface area contributed by atoms with Crippen molar-refractivity contribution < 1.29 is 4.79 Å². The Morgan fingerprint density at radius 3 is 2.56 bits per heavy atom. The highest BCUT2D eigenvalue weighted by Crippen LogP contribution is 2.17. The van der Waals surface area contributed by atoms with Gasteiger partial charge in [-0.15, -0.1) is 0 Å². The van der Waals surface area contributed by atoms with Gasteiger partial charge in [0.15, 0.2) is 5.78 Å². The fraction of sp³-hybridized carbons (Fsp3) is 0.154. The van der Waals surface area contributed by atoms with Crippen LogP contribution in [0.1, 0.15) is 16.8 Å². The number of rotatable bonds is 2. The molecule has 0 spiro atoms. The summed E-state index contributed by atoms with van der Waals surface area (Å²) in [5.74, 6) is 0.0137. The van der Waals surface area contributed by atoms with E-state index in [1.807, 2.05) is 12.2 Å². The zero-order valence-electron chi connectivity index (χ0n) is 8.69. The number of allylic oxidation sites excluding steroid dienone is 2. The van der Waals surface area contributed by atoms with E-state index in [1.165, 1.54) is 0 Å². The standard InChI is InChI=1S/C13H12ClNO/c14-11-5-1-9(2-6-11)13(16)10-3-7-12(15)8-4-10/h1-7,12H,8,15H2. The lowest BCUT2D eigenvalue weighted by Crippen LogP contribution is -2.19. The average molecular weight is 234 g/mol. The Balaban J connectivity index is 2.20. The molecule has 0 aliphatic heterocycles. The van der Waals surface area contributed by atoms with Crippen molar-refractivity contribution in [3.8, 4) is 0 Å². The molecular weight excluding hydrogens is 222 g/mol. The summed E-state index contributed by atoms with van der Waals surface area (Å²) in [5.41, 5.74) is 7.04. The summed E-state index contributed by atoms with van der Waals surface area (Å²) in [6.07, 6.45) is 6.22. The second-order valence-electron chi connectivity index (χ2n) is 3.75. The van der Waals surface area contributed by atoms with Crippen LogP contribution in [0.2, 0.25) is 5.02 Å². The Kier molecular flexibility index (Phi) is 3.22. The van der Waals surface area contributed by atoms with E-state index < -0.39 is 0 Å². The second-order valence-corrected chi connectivity index (χ2v) is 4.19. The van der Waals surface area contributed by atoms with E-state index in [0.717, 1.165) is 0 Å². The van der Waals surface area contributed by atoms with E-state index in [0.29, 0.717) is 22.6 Å². The van der Waals surface area contributed by atoms with Crippen LogP contribution >= 0.6 is 11.6 Å². The third-order valence-corrected chi connectivity index (χ3v) is 2.75. The summed E-state index contributed by atoms with van der Waals surface area (Å²) in [5, 5.41) is 0.631. The molecule has 0 bridgehead atoms. The fourth-order valence-corrected chi connectivity index (χ4v) is 1.70. The van der Waals surface area contributed by atoms with Crippen LogP contribution in [0.4, 0.5) is 0 Å². The van der Waals surface area contributed by atoms with Gasteiger partial charge < -0.3 is 5.73 Å². The first-order chi connectivity index (χ1) is 7.66. The maximum atomic E-state index is 12.0. The number of nitrogens with two attached hydrogens (primary N) is 1. The predicted octanol–water partition coefficient (Wildman–Crippen LogP) is 2.74. The van der Waals surface area contributed by atoms with E-state index in [4.69, 9.17) is 17.3 Å². The lowest BCUT2D eigenvalue weighted by molar-refractivity contribution is 0.103. The third kappa shape index (κ3) is 2.40. The molecule has 0 amide bonds. The van der Waals surface area contributed by atoms with Crippen LogP contribution in [0, 0.1) is 0 Å². The minimum atomic E-state index is 0.0137. The molecule has 0 fully saturated rings. The summed E-state index contributed by atoms with van der Waals surface area (Å²) >= 11 is 5.76. The Hall–Kier alpha value is -1.38. The Labute approximate surface area is 99.4 Å². The van der Waals surface area contributed by atoms with Crippen LogP contribution in [0.5, 0.6) is 0 Å². The number of halogens is 1. The topological polar surface area (TPSA) is 43.1 Å². The Morgan fingerprint density at radius 2 is 2.00 bits per heavy atom. The van der Waals surface area contributed by atoms with E-state index in [-0.39, 0.29) is 11.8 Å². The molecule has 2 rings (SSSR count). The molecule has 1 aromatic rings. The normalized spacial score (nSPS) is 19.4. The minimum Gasteiger partial charge on any atom is -0.324 e. The van der Waals surface area contributed by atoms with E-state index in [9.17, 15) is 4.79 Å². The number of hydrogen-bond acceptors (Lipinski definition) is 2. The van der Waals surface area contributed by atoms with Crippen molar-refractivity contribution in [2.45, 2.75) is 12.5 Å². The van der Waals surface area contributed by atoms with Crippen molar-refractivity contribution in [3.63, 3.8) is 0 Å². The maximum Gasteiger partial charge on any atom is 0.192 e. The van der Waals surface area contributed by atoms with E-state index in [1.54, 1.807) is 30.3 Å². The van der Waals surface area contributed by atoms with Gasteiger partial charge in [-0.05, 0) is 30.7 Å². The molecule has 2 nitrogen and oxygen atoms in total. The van der Waals surface area contributed by atoms with Crippen molar-refractivity contribution in [1.29, 1.82) is 0 Å². The van der Waals surface area contributed by atoms with Crippen molar-refractivity contribution in [2.24, 2.45) is 5.73 Å². The summed E-state index contributed by atoms with van der Waals surface area (Å²) in [6, 6.07) is 6.92. The highest BCUT2D eigenvalue weighted by atomic mass is 35.5. The minimum absolute atomic E-state index is 0.0137. The summed E-state index contributed by atoms with van der Waals surface area (Å²) in [7, 11) is 0. The van der Waals surface area contributed by atoms with Gasteiger partial charge >= 0.3 is 0 Å². The van der Waals surface area contributed by atoms with Crippen LogP contribution in [0.3, 0.4) is 0 Å². The van der Waals surface area contributed by atoms with Crippen LogP contribution < -0.4 is 5.73 Å². The van der Waals surface area contributed by atoms with Gasteiger partial charge in [0.05, 0.1) is 0 Å². The number of hydrogen-bond donors (Lipinski definition) is 1. The van der Waals surface area contributed by atoms with Gasteiger partial charge in [-0.1, -0.05) is 29.8 Å². The summed E-state index contributed by atoms with van der Waals surface area (Å²) in [4.78, 5) is 12.0. The molecule has 16 heavy (non-hydrogen) atoms. The van der Waals surface area contributed by atoms with Gasteiger partial charge in [0.1, 0.15) is 0 Å². The van der Waals surface area contributed by atoms with Gasteiger partial charge in [-0.3, -0.25) is 4.79 Å². The monoisotopic (exact) mass is 233 g/mol. The van der Waals surface area contributed by atoms with Crippen molar-refractivity contribution in [3.05, 3.63) is 58.7 Å². The van der Waals surface area contributed by atoms with Gasteiger partial charge in [-0.2, -0.15) is 0 Å². The van der Waals surface area contributed by atoms with Crippen molar-refractivity contribution in [1.82, 2.24) is 0 Å². The Morgan fingerprint density at radius 1 is 1.31 bits per heavy atom. The smallest absolute Gasteiger partial charge is 0.192 e. The van der Waals surface area contributed by atoms with Gasteiger partial charge in [-0.25, -0.2) is 0 Å². The highest BCUT2D eigenvalue weighted by molar-refractivity contribution is 6.30. The lowest BCUT2D eigenvalue weighted by atomic mass is 9.97. The first-order valence-electron chi connectivity index (χ1n) is 5.11. The maximum absolute atomic E-state index is 12.0. The molecule has 1 atom stereocenters. The third-order valence-electron chi connectivity index (χ3n) is 2.50. The molecule has 2 N–H and O–H groups in total. The largest absolute Gasteiger partial charge is 0.324 e. The first kappa shape index (κ1) is 11.1. The van der Waals surface area contributed by atoms with Crippen LogP contribution in [0.25, 0.3) is 0 Å². The van der Waals surface area contributed by atoms with Crippen LogP contribution in [-0.4, -0.2) is 11.8 Å². The zero-order chi connectivity index (χ0) is 11.5. The SMILES string of the molecule is NC1C=CC(C(=O)c2ccc(Cl)cc2)=CC1. The molecule has 0 saturated carbocycles. The molecule has 1 unspecified atom stereocenters. The van der Waals surface area contributed by atoms with Crippen molar-refractivity contribution >= 4 is 17.4 Å². The molecular formula is C13H12ClNO.